The highest BCUT2D eigenvalue weighted by molar-refractivity contribution is 6.40. The van der Waals surface area contributed by atoms with Gasteiger partial charge in [-0.25, -0.2) is 0 Å². The second-order valence-corrected chi connectivity index (χ2v) is 3.87. The van der Waals surface area contributed by atoms with Crippen LogP contribution in [0.3, 0.4) is 0 Å². The molecular formula is C11H14ClN3O2. The van der Waals surface area contributed by atoms with E-state index in [1.165, 1.54) is 0 Å². The van der Waals surface area contributed by atoms with Crippen LogP contribution < -0.4 is 16.4 Å². The molecule has 0 bridgehead atoms. The summed E-state index contributed by atoms with van der Waals surface area (Å²) in [4.78, 5) is 22.7. The predicted octanol–water partition coefficient (Wildman–Crippen LogP) is 0.871. The third-order valence-corrected chi connectivity index (χ3v) is 2.23. The van der Waals surface area contributed by atoms with Crippen LogP contribution in [0.2, 0.25) is 0 Å². The summed E-state index contributed by atoms with van der Waals surface area (Å²) in [5.74, 6) is -1.23. The number of alkyl halides is 1. The lowest BCUT2D eigenvalue weighted by Crippen LogP contribution is -2.36. The van der Waals surface area contributed by atoms with E-state index < -0.39 is 11.8 Å². The molecule has 92 valence electrons. The Labute approximate surface area is 104 Å². The lowest BCUT2D eigenvalue weighted by Gasteiger charge is -2.08. The summed E-state index contributed by atoms with van der Waals surface area (Å²) < 4.78 is 0. The summed E-state index contributed by atoms with van der Waals surface area (Å²) in [6, 6.07) is 5.18. The Balaban J connectivity index is 2.67. The van der Waals surface area contributed by atoms with Crippen LogP contribution in [0.25, 0.3) is 0 Å². The fourth-order valence-electron chi connectivity index (χ4n) is 1.20. The zero-order chi connectivity index (χ0) is 12.8. The zero-order valence-electron chi connectivity index (χ0n) is 9.42. The smallest absolute Gasteiger partial charge is 0.313 e. The largest absolute Gasteiger partial charge is 0.397 e. The van der Waals surface area contributed by atoms with Gasteiger partial charge in [0.2, 0.25) is 0 Å². The molecule has 2 amide bonds. The maximum absolute atomic E-state index is 11.5. The number of benzene rings is 1. The predicted molar refractivity (Wildman–Crippen MR) is 68.0 cm³/mol. The van der Waals surface area contributed by atoms with E-state index >= 15 is 0 Å². The van der Waals surface area contributed by atoms with E-state index in [0.717, 1.165) is 5.56 Å². The molecule has 0 heterocycles. The first kappa shape index (κ1) is 13.3. The summed E-state index contributed by atoms with van der Waals surface area (Å²) in [5, 5.41) is 4.80. The van der Waals surface area contributed by atoms with Gasteiger partial charge in [-0.2, -0.15) is 0 Å². The number of carbonyl (C=O) groups is 2. The monoisotopic (exact) mass is 255 g/mol. The van der Waals surface area contributed by atoms with Crippen LogP contribution in [0.1, 0.15) is 5.56 Å². The maximum atomic E-state index is 11.5. The van der Waals surface area contributed by atoms with Gasteiger partial charge in [-0.15, -0.1) is 11.6 Å². The van der Waals surface area contributed by atoms with Crippen LogP contribution in [0.4, 0.5) is 11.4 Å². The van der Waals surface area contributed by atoms with Crippen molar-refractivity contribution < 1.29 is 9.59 Å². The molecule has 0 saturated carbocycles. The zero-order valence-corrected chi connectivity index (χ0v) is 10.2. The lowest BCUT2D eigenvalue weighted by molar-refractivity contribution is -0.136. The molecule has 0 atom stereocenters. The Morgan fingerprint density at radius 3 is 2.71 bits per heavy atom. The van der Waals surface area contributed by atoms with Crippen molar-refractivity contribution in [2.24, 2.45) is 0 Å². The number of amides is 2. The molecular weight excluding hydrogens is 242 g/mol. The van der Waals surface area contributed by atoms with Gasteiger partial charge in [-0.1, -0.05) is 6.07 Å². The molecule has 0 spiro atoms. The second-order valence-electron chi connectivity index (χ2n) is 3.49. The molecule has 5 nitrogen and oxygen atoms in total. The minimum atomic E-state index is -0.757. The quantitative estimate of drug-likeness (QED) is 0.426. The number of nitrogen functional groups attached to an aromatic ring is 1. The van der Waals surface area contributed by atoms with E-state index in [9.17, 15) is 9.59 Å². The van der Waals surface area contributed by atoms with Crippen molar-refractivity contribution in [2.75, 3.05) is 23.5 Å². The molecule has 1 aromatic rings. The highest BCUT2D eigenvalue weighted by Crippen LogP contribution is 2.19. The number of halogens is 1. The van der Waals surface area contributed by atoms with Crippen molar-refractivity contribution in [2.45, 2.75) is 6.92 Å². The topological polar surface area (TPSA) is 84.2 Å². The van der Waals surface area contributed by atoms with Crippen molar-refractivity contribution in [1.29, 1.82) is 0 Å². The number of carbonyl (C=O) groups excluding carboxylic acids is 2. The number of rotatable bonds is 3. The SMILES string of the molecule is Cc1ccc(N)c(NC(=O)C(=O)NCCCl)c1. The Kier molecular flexibility index (Phi) is 4.78. The van der Waals surface area contributed by atoms with E-state index in [4.69, 9.17) is 17.3 Å². The molecule has 1 rings (SSSR count). The fourth-order valence-corrected chi connectivity index (χ4v) is 1.29. The average molecular weight is 256 g/mol. The van der Waals surface area contributed by atoms with Crippen LogP contribution in [-0.4, -0.2) is 24.2 Å². The molecule has 0 aliphatic rings. The Morgan fingerprint density at radius 2 is 2.06 bits per heavy atom. The molecule has 1 aromatic carbocycles. The summed E-state index contributed by atoms with van der Waals surface area (Å²) in [7, 11) is 0. The standard InChI is InChI=1S/C11H14ClN3O2/c1-7-2-3-8(13)9(6-7)15-11(17)10(16)14-5-4-12/h2-3,6H,4-5,13H2,1H3,(H,14,16)(H,15,17). The van der Waals surface area contributed by atoms with Gasteiger partial charge in [0, 0.05) is 12.4 Å². The third-order valence-electron chi connectivity index (χ3n) is 2.04. The molecule has 0 aromatic heterocycles. The van der Waals surface area contributed by atoms with E-state index in [-0.39, 0.29) is 12.4 Å². The molecule has 0 fully saturated rings. The first-order chi connectivity index (χ1) is 8.04. The van der Waals surface area contributed by atoms with Crippen molar-refractivity contribution in [3.8, 4) is 0 Å². The second kappa shape index (κ2) is 6.10. The number of anilines is 2. The molecule has 0 radical (unpaired) electrons. The van der Waals surface area contributed by atoms with Gasteiger partial charge in [0.1, 0.15) is 0 Å². The van der Waals surface area contributed by atoms with Crippen molar-refractivity contribution in [3.05, 3.63) is 23.8 Å². The van der Waals surface area contributed by atoms with Crippen LogP contribution in [0.15, 0.2) is 18.2 Å². The molecule has 4 N–H and O–H groups in total. The highest BCUT2D eigenvalue weighted by atomic mass is 35.5. The number of nitrogens with one attached hydrogen (secondary N) is 2. The normalized spacial score (nSPS) is 9.76. The molecule has 0 aliphatic heterocycles. The Hall–Kier alpha value is -1.75. The van der Waals surface area contributed by atoms with Gasteiger partial charge >= 0.3 is 11.8 Å². The van der Waals surface area contributed by atoms with Crippen LogP contribution in [0.5, 0.6) is 0 Å². The lowest BCUT2D eigenvalue weighted by atomic mass is 10.2. The van der Waals surface area contributed by atoms with Crippen LogP contribution in [-0.2, 0) is 9.59 Å². The van der Waals surface area contributed by atoms with Gasteiger partial charge in [0.25, 0.3) is 0 Å². The summed E-state index contributed by atoms with van der Waals surface area (Å²) in [6.07, 6.45) is 0. The highest BCUT2D eigenvalue weighted by Gasteiger charge is 2.13. The van der Waals surface area contributed by atoms with Gasteiger partial charge in [-0.3, -0.25) is 9.59 Å². The fraction of sp³-hybridized carbons (Fsp3) is 0.273. The molecule has 0 unspecified atom stereocenters. The number of hydrogen-bond donors (Lipinski definition) is 3. The Bertz CT molecular complexity index is 435. The first-order valence-corrected chi connectivity index (χ1v) is 5.59. The number of aryl methyl sites for hydroxylation is 1. The minimum absolute atomic E-state index is 0.247. The van der Waals surface area contributed by atoms with E-state index in [1.54, 1.807) is 12.1 Å². The van der Waals surface area contributed by atoms with Crippen LogP contribution >= 0.6 is 11.6 Å². The van der Waals surface area contributed by atoms with E-state index in [2.05, 4.69) is 10.6 Å². The summed E-state index contributed by atoms with van der Waals surface area (Å²) in [5.41, 5.74) is 7.45. The average Bonchev–Trinajstić information content (AvgIpc) is 2.30. The summed E-state index contributed by atoms with van der Waals surface area (Å²) in [6.45, 7) is 2.11. The summed E-state index contributed by atoms with van der Waals surface area (Å²) >= 11 is 5.39. The van der Waals surface area contributed by atoms with Gasteiger partial charge in [0.15, 0.2) is 0 Å². The van der Waals surface area contributed by atoms with Crippen molar-refractivity contribution in [1.82, 2.24) is 5.32 Å². The van der Waals surface area contributed by atoms with Crippen LogP contribution in [0, 0.1) is 6.92 Å². The van der Waals surface area contributed by atoms with Crippen molar-refractivity contribution in [3.63, 3.8) is 0 Å². The molecule has 17 heavy (non-hydrogen) atoms. The van der Waals surface area contributed by atoms with Gasteiger partial charge in [0.05, 0.1) is 11.4 Å². The van der Waals surface area contributed by atoms with E-state index in [1.807, 2.05) is 13.0 Å². The minimum Gasteiger partial charge on any atom is -0.397 e. The Morgan fingerprint density at radius 1 is 1.35 bits per heavy atom. The van der Waals surface area contributed by atoms with E-state index in [0.29, 0.717) is 11.4 Å². The maximum Gasteiger partial charge on any atom is 0.313 e. The molecule has 0 saturated heterocycles. The van der Waals surface area contributed by atoms with Gasteiger partial charge < -0.3 is 16.4 Å². The number of hydrogen-bond acceptors (Lipinski definition) is 3. The molecule has 6 heteroatoms. The van der Waals surface area contributed by atoms with Crippen molar-refractivity contribution >= 4 is 34.8 Å². The number of nitrogens with two attached hydrogens (primary N) is 1. The molecule has 0 aliphatic carbocycles. The van der Waals surface area contributed by atoms with Gasteiger partial charge in [-0.05, 0) is 24.6 Å². The first-order valence-electron chi connectivity index (χ1n) is 5.06. The third kappa shape index (κ3) is 3.96.